The number of alkyl halides is 9. The van der Waals surface area contributed by atoms with Crippen LogP contribution in [0.15, 0.2) is 59.7 Å². The minimum atomic E-state index is -6.16. The molecule has 0 aliphatic carbocycles. The van der Waals surface area contributed by atoms with Crippen molar-refractivity contribution in [3.8, 4) is 0 Å². The van der Waals surface area contributed by atoms with Crippen LogP contribution < -0.4 is 5.01 Å². The maximum Gasteiger partial charge on any atom is 0.511 e. The first kappa shape index (κ1) is 31.1. The molecule has 1 unspecified atom stereocenters. The van der Waals surface area contributed by atoms with E-state index in [1.807, 2.05) is 0 Å². The summed E-state index contributed by atoms with van der Waals surface area (Å²) in [5.41, 5.74) is -11.5. The number of hydrogen-bond donors (Lipinski definition) is 1. The zero-order valence-electron chi connectivity index (χ0n) is 20.4. The van der Waals surface area contributed by atoms with Crippen molar-refractivity contribution < 1.29 is 53.0 Å². The molecule has 224 valence electrons. The highest BCUT2D eigenvalue weighted by atomic mass is 35.5. The van der Waals surface area contributed by atoms with Gasteiger partial charge in [0.05, 0.1) is 22.5 Å². The van der Waals surface area contributed by atoms with Crippen molar-refractivity contribution in [1.29, 1.82) is 0 Å². The van der Waals surface area contributed by atoms with E-state index in [4.69, 9.17) is 11.6 Å². The zero-order chi connectivity index (χ0) is 30.6. The van der Waals surface area contributed by atoms with E-state index in [1.54, 1.807) is 0 Å². The number of halogens is 10. The molecule has 0 fully saturated rings. The highest BCUT2D eigenvalue weighted by molar-refractivity contribution is 7.90. The van der Waals surface area contributed by atoms with E-state index in [-0.39, 0.29) is 27.0 Å². The van der Waals surface area contributed by atoms with Crippen LogP contribution in [0.3, 0.4) is 0 Å². The van der Waals surface area contributed by atoms with Gasteiger partial charge in [0.2, 0.25) is 0 Å². The van der Waals surface area contributed by atoms with Crippen molar-refractivity contribution in [2.45, 2.75) is 42.3 Å². The van der Waals surface area contributed by atoms with Gasteiger partial charge in [-0.05, 0) is 41.3 Å². The fourth-order valence-corrected chi connectivity index (χ4v) is 5.68. The van der Waals surface area contributed by atoms with Crippen LogP contribution in [-0.4, -0.2) is 60.1 Å². The Balaban J connectivity index is 1.73. The molecule has 0 saturated heterocycles. The normalized spacial score (nSPS) is 19.8. The van der Waals surface area contributed by atoms with E-state index in [0.29, 0.717) is 11.1 Å². The summed E-state index contributed by atoms with van der Waals surface area (Å²) in [5.74, 6) is 0. The third-order valence-electron chi connectivity index (χ3n) is 6.69. The van der Waals surface area contributed by atoms with Gasteiger partial charge in [-0.2, -0.15) is 48.9 Å². The first-order valence-corrected chi connectivity index (χ1v) is 13.4. The van der Waals surface area contributed by atoms with Crippen molar-refractivity contribution in [3.63, 3.8) is 0 Å². The van der Waals surface area contributed by atoms with Crippen LogP contribution in [0.2, 0.25) is 5.02 Å². The lowest BCUT2D eigenvalue weighted by Gasteiger charge is -2.32. The third kappa shape index (κ3) is 5.53. The van der Waals surface area contributed by atoms with Crippen LogP contribution in [0.4, 0.5) is 45.2 Å². The minimum Gasteiger partial charge on any atom is -0.369 e. The smallest absolute Gasteiger partial charge is 0.369 e. The Morgan fingerprint density at radius 2 is 1.56 bits per heavy atom. The van der Waals surface area contributed by atoms with E-state index in [9.17, 15) is 53.0 Å². The Morgan fingerprint density at radius 1 is 0.927 bits per heavy atom. The van der Waals surface area contributed by atoms with Gasteiger partial charge in [0.1, 0.15) is 0 Å². The predicted molar refractivity (Wildman–Crippen MR) is 131 cm³/mol. The summed E-state index contributed by atoms with van der Waals surface area (Å²) in [6.45, 7) is -1.11. The number of anilines is 1. The molecule has 2 aromatic rings. The van der Waals surface area contributed by atoms with Crippen LogP contribution >= 0.6 is 11.6 Å². The largest absolute Gasteiger partial charge is 0.511 e. The first-order chi connectivity index (χ1) is 18.8. The van der Waals surface area contributed by atoms with Crippen molar-refractivity contribution >= 4 is 38.6 Å². The van der Waals surface area contributed by atoms with Crippen molar-refractivity contribution in [2.24, 2.45) is 5.10 Å². The first-order valence-electron chi connectivity index (χ1n) is 11.6. The fraction of sp³-hybridized carbons (Fsp3) is 0.375. The van der Waals surface area contributed by atoms with E-state index in [0.717, 1.165) is 5.01 Å². The Hall–Kier alpha value is -2.82. The van der Waals surface area contributed by atoms with Gasteiger partial charge in [-0.3, -0.25) is 5.01 Å². The monoisotopic (exact) mass is 635 g/mol. The number of rotatable bonds is 5. The highest BCUT2D eigenvalue weighted by Gasteiger charge is 2.74. The van der Waals surface area contributed by atoms with E-state index >= 15 is 0 Å². The molecule has 6 nitrogen and oxygen atoms in total. The van der Waals surface area contributed by atoms with Gasteiger partial charge in [-0.15, -0.1) is 0 Å². The van der Waals surface area contributed by atoms with Crippen molar-refractivity contribution in [3.05, 3.63) is 70.8 Å². The van der Waals surface area contributed by atoms with Crippen LogP contribution in [0, 0.1) is 0 Å². The molecule has 2 aliphatic rings. The van der Waals surface area contributed by atoms with E-state index in [2.05, 4.69) is 5.10 Å². The maximum absolute atomic E-state index is 13.7. The molecule has 17 heteroatoms. The van der Waals surface area contributed by atoms with Gasteiger partial charge in [0.25, 0.3) is 5.60 Å². The summed E-state index contributed by atoms with van der Waals surface area (Å²) in [6.07, 6.45) is -12.3. The van der Waals surface area contributed by atoms with Gasteiger partial charge in [-0.25, -0.2) is 8.42 Å². The maximum atomic E-state index is 13.7. The second-order valence-corrected chi connectivity index (χ2v) is 11.5. The molecular weight excluding hydrogens is 617 g/mol. The molecule has 1 atom stereocenters. The van der Waals surface area contributed by atoms with Gasteiger partial charge in [0.15, 0.2) is 0 Å². The number of sulfonamides is 1. The number of aliphatic hydroxyl groups is 1. The standard InChI is InChI=1S/C24H19ClF9N3O3S/c25-17-6-1-2-7-18(17)37-19(13-20(35-37)21(38,22(26,27)28)23(29,30)31)16-5-3-4-15(12-16)14-8-10-36(11-9-14)41(39,40)24(32,33)34/h1-8,12,19,38H,9-11,13H2. The summed E-state index contributed by atoms with van der Waals surface area (Å²) in [5, 5.41) is 14.4. The number of benzene rings is 2. The SMILES string of the molecule is O=S(=O)(N1CC=C(c2cccc(C3CC(C(O)(C(F)(F)F)C(F)(F)F)=NN3c3ccccc3Cl)c2)CC1)C(F)(F)F. The number of hydrazone groups is 1. The van der Waals surface area contributed by atoms with Crippen LogP contribution in [-0.2, 0) is 10.0 Å². The summed E-state index contributed by atoms with van der Waals surface area (Å²) in [6, 6.07) is 9.95. The Morgan fingerprint density at radius 3 is 2.10 bits per heavy atom. The molecule has 0 spiro atoms. The summed E-state index contributed by atoms with van der Waals surface area (Å²) >= 11 is 6.17. The summed E-state index contributed by atoms with van der Waals surface area (Å²) < 4.78 is 144. The lowest BCUT2D eigenvalue weighted by Crippen LogP contribution is -2.62. The van der Waals surface area contributed by atoms with Crippen LogP contribution in [0.25, 0.3) is 5.57 Å². The second kappa shape index (κ2) is 10.5. The Labute approximate surface area is 232 Å². The lowest BCUT2D eigenvalue weighted by molar-refractivity contribution is -0.338. The van der Waals surface area contributed by atoms with Gasteiger partial charge < -0.3 is 5.11 Å². The predicted octanol–water partition coefficient (Wildman–Crippen LogP) is 6.44. The molecule has 2 aromatic carbocycles. The molecule has 4 rings (SSSR count). The van der Waals surface area contributed by atoms with Crippen LogP contribution in [0.5, 0.6) is 0 Å². The Kier molecular flexibility index (Phi) is 7.95. The lowest BCUT2D eigenvalue weighted by atomic mass is 9.88. The van der Waals surface area contributed by atoms with Gasteiger partial charge >= 0.3 is 27.9 Å². The third-order valence-corrected chi connectivity index (χ3v) is 8.61. The molecule has 0 bridgehead atoms. The van der Waals surface area contributed by atoms with Gasteiger partial charge in [0, 0.05) is 19.5 Å². The molecule has 2 aliphatic heterocycles. The van der Waals surface area contributed by atoms with Crippen LogP contribution in [0.1, 0.15) is 30.0 Å². The molecule has 41 heavy (non-hydrogen) atoms. The van der Waals surface area contributed by atoms with Crippen molar-refractivity contribution in [1.82, 2.24) is 4.31 Å². The molecule has 0 aromatic heterocycles. The number of hydrogen-bond acceptors (Lipinski definition) is 5. The quantitative estimate of drug-likeness (QED) is 0.384. The number of nitrogens with zero attached hydrogens (tertiary/aromatic N) is 3. The molecule has 2 heterocycles. The van der Waals surface area contributed by atoms with Gasteiger partial charge in [-0.1, -0.05) is 48.0 Å². The molecular formula is C24H19ClF9N3O3S. The highest BCUT2D eigenvalue weighted by Crippen LogP contribution is 2.49. The molecule has 0 radical (unpaired) electrons. The average Bonchev–Trinajstić information content (AvgIpc) is 3.32. The van der Waals surface area contributed by atoms with E-state index in [1.165, 1.54) is 54.6 Å². The Bertz CT molecular complexity index is 1470. The fourth-order valence-electron chi connectivity index (χ4n) is 4.56. The van der Waals surface area contributed by atoms with Crippen molar-refractivity contribution in [2.75, 3.05) is 18.1 Å². The zero-order valence-corrected chi connectivity index (χ0v) is 22.0. The average molecular weight is 636 g/mol. The molecule has 0 saturated carbocycles. The number of para-hydroxylation sites is 1. The van der Waals surface area contributed by atoms with E-state index < -0.39 is 64.7 Å². The summed E-state index contributed by atoms with van der Waals surface area (Å²) in [4.78, 5) is 0. The summed E-state index contributed by atoms with van der Waals surface area (Å²) in [7, 11) is -5.57. The minimum absolute atomic E-state index is 0.0452. The molecule has 0 amide bonds. The molecule has 1 N–H and O–H groups in total. The second-order valence-electron chi connectivity index (χ2n) is 9.18. The topological polar surface area (TPSA) is 73.2 Å².